The average molecular weight is 693 g/mol. The maximum Gasteiger partial charge on any atom is 2.00 e. The molecular weight excluding hydrogens is 671 g/mol. The van der Waals surface area contributed by atoms with Gasteiger partial charge in [-0.25, -0.2) is 0 Å². The molecule has 2 aliphatic heterocycles. The maximum absolute atomic E-state index is 12.7. The summed E-state index contributed by atoms with van der Waals surface area (Å²) in [6, 6.07) is 9.57. The Hall–Kier alpha value is -0.488. The van der Waals surface area contributed by atoms with E-state index in [0.717, 1.165) is 9.20 Å². The van der Waals surface area contributed by atoms with E-state index < -0.39 is 26.3 Å². The van der Waals surface area contributed by atoms with Crippen LogP contribution in [0.15, 0.2) is 39.7 Å². The van der Waals surface area contributed by atoms with E-state index in [-0.39, 0.29) is 49.4 Å². The minimum Gasteiger partial charge on any atom is -0.568 e. The molecule has 138 valence electrons. The van der Waals surface area contributed by atoms with Gasteiger partial charge in [-0.05, 0) is 19.4 Å². The summed E-state index contributed by atoms with van der Waals surface area (Å²) in [5.74, 6) is -0.102. The quantitative estimate of drug-likeness (QED) is 0.360. The van der Waals surface area contributed by atoms with Crippen molar-refractivity contribution in [3.63, 3.8) is 0 Å². The number of hydrogen-bond acceptors (Lipinski definition) is 4. The second-order valence-corrected chi connectivity index (χ2v) is 8.36. The largest absolute Gasteiger partial charge is 2.00 e. The van der Waals surface area contributed by atoms with E-state index in [1.165, 1.54) is 0 Å². The number of rotatable bonds is 4. The second-order valence-electron chi connectivity index (χ2n) is 5.72. The van der Waals surface area contributed by atoms with E-state index in [2.05, 4.69) is 6.92 Å². The van der Waals surface area contributed by atoms with Crippen LogP contribution in [0.25, 0.3) is 0 Å². The molecule has 0 atom stereocenters. The van der Waals surface area contributed by atoms with E-state index in [1.54, 1.807) is 11.8 Å². The number of amides is 1. The Morgan fingerprint density at radius 1 is 1.31 bits per heavy atom. The van der Waals surface area contributed by atoms with Crippen molar-refractivity contribution >= 4 is 36.6 Å². The smallest absolute Gasteiger partial charge is 0.568 e. The molecule has 0 aromatic heterocycles. The zero-order valence-electron chi connectivity index (χ0n) is 15.2. The van der Waals surface area contributed by atoms with E-state index in [9.17, 15) is 9.59 Å². The Morgan fingerprint density at radius 2 is 1.96 bits per heavy atom. The van der Waals surface area contributed by atoms with Crippen LogP contribution in [0.4, 0.5) is 0 Å². The molecule has 0 radical (unpaired) electrons. The number of hydrogen-bond donors (Lipinski definition) is 0. The standard InChI is InChI=1S/C17H17INO4.C2H5.U/c1-17(2)16-18-13(10-20)14(15(21)19(16)8-9-23-17)22-11-12-6-4-3-5-7-12;1-2;/h3-7H,8-9,11H2,1-2H3;1H2,2H3;/q2*-1;+2. The summed E-state index contributed by atoms with van der Waals surface area (Å²) in [4.78, 5) is 25.8. The van der Waals surface area contributed by atoms with Crippen LogP contribution in [0, 0.1) is 38.0 Å². The first-order valence-corrected chi connectivity index (χ1v) is 10.2. The second kappa shape index (κ2) is 10.7. The van der Waals surface area contributed by atoms with Gasteiger partial charge in [0.05, 0.1) is 16.8 Å². The molecule has 1 saturated heterocycles. The molecule has 0 bridgehead atoms. The van der Waals surface area contributed by atoms with Crippen molar-refractivity contribution in [3.8, 4) is 0 Å². The monoisotopic (exact) mass is 693 g/mol. The van der Waals surface area contributed by atoms with E-state index >= 15 is 0 Å². The van der Waals surface area contributed by atoms with Gasteiger partial charge in [0.2, 0.25) is 5.91 Å². The average Bonchev–Trinajstić information content (AvgIpc) is 2.63. The molecule has 0 unspecified atom stereocenters. The molecule has 0 N–H and O–H groups in total. The van der Waals surface area contributed by atoms with Gasteiger partial charge in [0.25, 0.3) is 0 Å². The van der Waals surface area contributed by atoms with Crippen LogP contribution in [-0.4, -0.2) is 39.5 Å². The fourth-order valence-corrected chi connectivity index (χ4v) is 5.31. The molecule has 0 spiro atoms. The summed E-state index contributed by atoms with van der Waals surface area (Å²) in [6.45, 7) is 10.1. The van der Waals surface area contributed by atoms with Crippen LogP contribution in [0.1, 0.15) is 26.3 Å². The van der Waals surface area contributed by atoms with Crippen LogP contribution in [0.3, 0.4) is 0 Å². The van der Waals surface area contributed by atoms with Gasteiger partial charge in [0.15, 0.2) is 0 Å². The van der Waals surface area contributed by atoms with Gasteiger partial charge in [0, 0.05) is 18.6 Å². The summed E-state index contributed by atoms with van der Waals surface area (Å²) in [7, 11) is 0. The molecule has 5 nitrogen and oxygen atoms in total. The first kappa shape index (κ1) is 23.6. The first-order chi connectivity index (χ1) is 12.0. The molecular formula is C19H22INO4U. The van der Waals surface area contributed by atoms with Crippen molar-refractivity contribution in [3.05, 3.63) is 52.2 Å². The predicted molar refractivity (Wildman–Crippen MR) is 106 cm³/mol. The summed E-state index contributed by atoms with van der Waals surface area (Å²) >= 11 is -0.824. The number of morpholine rings is 1. The van der Waals surface area contributed by atoms with Crippen molar-refractivity contribution in [2.24, 2.45) is 0 Å². The Kier molecular flexibility index (Phi) is 9.73. The Bertz CT molecular complexity index is 701. The molecule has 2 aliphatic rings. The van der Waals surface area contributed by atoms with Gasteiger partial charge in [0.1, 0.15) is 5.60 Å². The van der Waals surface area contributed by atoms with Crippen LogP contribution < -0.4 is 0 Å². The van der Waals surface area contributed by atoms with E-state index in [0.29, 0.717) is 16.7 Å². The number of halogens is 1. The van der Waals surface area contributed by atoms with Gasteiger partial charge in [-0.15, -0.1) is 0 Å². The van der Waals surface area contributed by atoms with Gasteiger partial charge in [-0.3, -0.25) is 4.79 Å². The zero-order valence-corrected chi connectivity index (χ0v) is 21.5. The van der Waals surface area contributed by atoms with Crippen molar-refractivity contribution in [1.82, 2.24) is 4.90 Å². The molecule has 7 heteroatoms. The SMILES string of the molecule is CC1(C)OCCN2C(=O)C(OCc3ccccc3)=C([C-]=O)I=C21.[CH2-]C.[U+2]. The molecule has 1 aromatic rings. The van der Waals surface area contributed by atoms with Gasteiger partial charge < -0.3 is 26.1 Å². The normalized spacial score (nSPS) is 18.2. The van der Waals surface area contributed by atoms with Crippen molar-refractivity contribution in [1.29, 1.82) is 0 Å². The molecule has 1 amide bonds. The van der Waals surface area contributed by atoms with Crippen LogP contribution in [0.2, 0.25) is 0 Å². The van der Waals surface area contributed by atoms with Gasteiger partial charge in [-0.1, -0.05) is 54.6 Å². The third-order valence-corrected chi connectivity index (χ3v) is 7.29. The summed E-state index contributed by atoms with van der Waals surface area (Å²) in [6.07, 6.45) is 1.92. The van der Waals surface area contributed by atoms with E-state index in [1.807, 2.05) is 50.5 Å². The molecule has 3 rings (SSSR count). The summed E-state index contributed by atoms with van der Waals surface area (Å²) in [5.41, 5.74) is 0.433. The number of fused-ring (bicyclic) bond motifs is 1. The topological polar surface area (TPSA) is 55.8 Å². The number of allylic oxidation sites excluding steroid dienone is 1. The van der Waals surface area contributed by atoms with Crippen LogP contribution >= 0.6 is 20.7 Å². The first-order valence-electron chi connectivity index (χ1n) is 8.01. The van der Waals surface area contributed by atoms with Crippen molar-refractivity contribution in [2.75, 3.05) is 13.2 Å². The number of benzene rings is 1. The molecule has 1 aromatic carbocycles. The fourth-order valence-electron chi connectivity index (χ4n) is 2.50. The summed E-state index contributed by atoms with van der Waals surface area (Å²) in [5, 5.41) is 0. The molecule has 0 saturated carbocycles. The molecule has 0 aliphatic carbocycles. The minimum absolute atomic E-state index is 0. The van der Waals surface area contributed by atoms with Crippen molar-refractivity contribution in [2.45, 2.75) is 33.0 Å². The van der Waals surface area contributed by atoms with Gasteiger partial charge in [-0.2, -0.15) is 6.92 Å². The predicted octanol–water partition coefficient (Wildman–Crippen LogP) is 3.12. The molecule has 1 fully saturated rings. The van der Waals surface area contributed by atoms with Crippen LogP contribution in [-0.2, 0) is 25.7 Å². The number of carbonyl (C=O) groups excluding carboxylic acids is 2. The Balaban J connectivity index is 0.00000109. The number of carbonyl (C=O) groups is 1. The van der Waals surface area contributed by atoms with Crippen molar-refractivity contribution < 1.29 is 50.2 Å². The number of ether oxygens (including phenoxy) is 2. The summed E-state index contributed by atoms with van der Waals surface area (Å²) < 4.78 is 12.7. The fraction of sp³-hybridized carbons (Fsp3) is 0.368. The van der Waals surface area contributed by atoms with E-state index in [4.69, 9.17) is 9.47 Å². The number of nitrogens with zero attached hydrogens (tertiary/aromatic N) is 1. The zero-order chi connectivity index (χ0) is 18.4. The Labute approximate surface area is 188 Å². The Morgan fingerprint density at radius 3 is 2.58 bits per heavy atom. The maximum atomic E-state index is 12.7. The third kappa shape index (κ3) is 5.28. The molecule has 2 heterocycles. The van der Waals surface area contributed by atoms with Crippen LogP contribution in [0.5, 0.6) is 0 Å². The molecule has 26 heavy (non-hydrogen) atoms. The van der Waals surface area contributed by atoms with Gasteiger partial charge >= 0.3 is 31.1 Å². The minimum atomic E-state index is -0.824. The third-order valence-electron chi connectivity index (χ3n) is 3.65.